The van der Waals surface area contributed by atoms with E-state index in [1.807, 2.05) is 31.2 Å². The monoisotopic (exact) mass is 299 g/mol. The van der Waals surface area contributed by atoms with Gasteiger partial charge in [-0.3, -0.25) is 4.79 Å². The molecule has 1 heterocycles. The molecule has 3 unspecified atom stereocenters. The van der Waals surface area contributed by atoms with Gasteiger partial charge >= 0.3 is 6.18 Å². The third-order valence-corrected chi connectivity index (χ3v) is 4.32. The van der Waals surface area contributed by atoms with E-state index in [1.165, 1.54) is 0 Å². The van der Waals surface area contributed by atoms with Gasteiger partial charge in [0, 0.05) is 17.9 Å². The Morgan fingerprint density at radius 2 is 1.86 bits per heavy atom. The Kier molecular flexibility index (Phi) is 4.30. The van der Waals surface area contributed by atoms with Gasteiger partial charge in [0.25, 0.3) is 0 Å². The predicted molar refractivity (Wildman–Crippen MR) is 74.9 cm³/mol. The lowest BCUT2D eigenvalue weighted by Crippen LogP contribution is -2.52. The van der Waals surface area contributed by atoms with Gasteiger partial charge in [-0.05, 0) is 31.4 Å². The van der Waals surface area contributed by atoms with Crippen molar-refractivity contribution in [3.63, 3.8) is 0 Å². The minimum absolute atomic E-state index is 0.0544. The van der Waals surface area contributed by atoms with Crippen LogP contribution in [0.15, 0.2) is 24.3 Å². The number of aryl methyl sites for hydroxylation is 1. The molecule has 2 rings (SSSR count). The summed E-state index contributed by atoms with van der Waals surface area (Å²) in [5, 5.41) is 0. The summed E-state index contributed by atoms with van der Waals surface area (Å²) in [6, 6.07) is 7.26. The molecule has 1 saturated heterocycles. The number of halogens is 3. The molecule has 21 heavy (non-hydrogen) atoms. The number of alkyl halides is 3. The SMILES string of the molecule is Cc1ccccc1C1CC(C)C(=O)N(CC(F)(F)F)C1C. The Morgan fingerprint density at radius 3 is 2.43 bits per heavy atom. The predicted octanol–water partition coefficient (Wildman–Crippen LogP) is 3.90. The van der Waals surface area contributed by atoms with Crippen molar-refractivity contribution in [1.82, 2.24) is 4.90 Å². The van der Waals surface area contributed by atoms with Crippen LogP contribution in [0.5, 0.6) is 0 Å². The molecule has 3 atom stereocenters. The van der Waals surface area contributed by atoms with Gasteiger partial charge in [0.15, 0.2) is 0 Å². The first-order valence-electron chi connectivity index (χ1n) is 7.13. The number of amides is 1. The number of piperidine rings is 1. The summed E-state index contributed by atoms with van der Waals surface area (Å²) in [6.45, 7) is 4.21. The molecule has 5 heteroatoms. The van der Waals surface area contributed by atoms with E-state index >= 15 is 0 Å². The lowest BCUT2D eigenvalue weighted by Gasteiger charge is -2.43. The maximum atomic E-state index is 12.7. The zero-order chi connectivity index (χ0) is 15.8. The van der Waals surface area contributed by atoms with Gasteiger partial charge in [-0.1, -0.05) is 31.2 Å². The van der Waals surface area contributed by atoms with Crippen molar-refractivity contribution in [2.24, 2.45) is 5.92 Å². The van der Waals surface area contributed by atoms with E-state index in [0.29, 0.717) is 6.42 Å². The van der Waals surface area contributed by atoms with E-state index in [1.54, 1.807) is 13.8 Å². The van der Waals surface area contributed by atoms with Crippen LogP contribution in [0, 0.1) is 12.8 Å². The molecule has 1 aliphatic heterocycles. The summed E-state index contributed by atoms with van der Waals surface area (Å²) in [5.41, 5.74) is 2.10. The second-order valence-electron chi connectivity index (χ2n) is 5.92. The Balaban J connectivity index is 2.32. The van der Waals surface area contributed by atoms with Crippen LogP contribution in [0.2, 0.25) is 0 Å². The number of benzene rings is 1. The minimum atomic E-state index is -4.36. The van der Waals surface area contributed by atoms with Gasteiger partial charge < -0.3 is 4.90 Å². The van der Waals surface area contributed by atoms with Crippen LogP contribution >= 0.6 is 0 Å². The fourth-order valence-corrected chi connectivity index (χ4v) is 3.18. The number of carbonyl (C=O) groups is 1. The third kappa shape index (κ3) is 3.39. The molecule has 0 aromatic heterocycles. The fraction of sp³-hybridized carbons (Fsp3) is 0.562. The van der Waals surface area contributed by atoms with E-state index in [0.717, 1.165) is 16.0 Å². The van der Waals surface area contributed by atoms with Crippen molar-refractivity contribution in [2.45, 2.75) is 45.3 Å². The molecular weight excluding hydrogens is 279 g/mol. The largest absolute Gasteiger partial charge is 0.406 e. The topological polar surface area (TPSA) is 20.3 Å². The Labute approximate surface area is 122 Å². The maximum absolute atomic E-state index is 12.7. The van der Waals surface area contributed by atoms with Crippen molar-refractivity contribution in [3.05, 3.63) is 35.4 Å². The second kappa shape index (κ2) is 5.70. The highest BCUT2D eigenvalue weighted by atomic mass is 19.4. The highest BCUT2D eigenvalue weighted by Crippen LogP contribution is 2.38. The van der Waals surface area contributed by atoms with Gasteiger partial charge in [-0.15, -0.1) is 0 Å². The van der Waals surface area contributed by atoms with Gasteiger partial charge in [0.05, 0.1) is 0 Å². The molecule has 0 N–H and O–H groups in total. The zero-order valence-corrected chi connectivity index (χ0v) is 12.4. The van der Waals surface area contributed by atoms with Crippen LogP contribution in [0.1, 0.15) is 37.3 Å². The molecule has 0 spiro atoms. The second-order valence-corrected chi connectivity index (χ2v) is 5.92. The van der Waals surface area contributed by atoms with Gasteiger partial charge in [-0.25, -0.2) is 0 Å². The van der Waals surface area contributed by atoms with Crippen LogP contribution < -0.4 is 0 Å². The normalized spacial score (nSPS) is 27.0. The van der Waals surface area contributed by atoms with Gasteiger partial charge in [-0.2, -0.15) is 13.2 Å². The molecule has 1 aliphatic rings. The first kappa shape index (κ1) is 15.9. The van der Waals surface area contributed by atoms with Crippen molar-refractivity contribution >= 4 is 5.91 Å². The molecule has 0 bridgehead atoms. The molecule has 0 aliphatic carbocycles. The van der Waals surface area contributed by atoms with Gasteiger partial charge in [0.2, 0.25) is 5.91 Å². The van der Waals surface area contributed by atoms with Crippen LogP contribution in [0.25, 0.3) is 0 Å². The number of rotatable bonds is 2. The lowest BCUT2D eigenvalue weighted by atomic mass is 9.78. The van der Waals surface area contributed by atoms with E-state index in [9.17, 15) is 18.0 Å². The first-order chi connectivity index (χ1) is 9.70. The summed E-state index contributed by atoms with van der Waals surface area (Å²) < 4.78 is 38.2. The summed E-state index contributed by atoms with van der Waals surface area (Å²) in [7, 11) is 0. The van der Waals surface area contributed by atoms with Crippen LogP contribution in [0.4, 0.5) is 13.2 Å². The van der Waals surface area contributed by atoms with Crippen LogP contribution in [-0.4, -0.2) is 29.6 Å². The Bertz CT molecular complexity index is 526. The molecule has 2 nitrogen and oxygen atoms in total. The lowest BCUT2D eigenvalue weighted by molar-refractivity contribution is -0.172. The fourth-order valence-electron chi connectivity index (χ4n) is 3.18. The van der Waals surface area contributed by atoms with E-state index in [2.05, 4.69) is 0 Å². The van der Waals surface area contributed by atoms with Crippen molar-refractivity contribution in [3.8, 4) is 0 Å². The van der Waals surface area contributed by atoms with E-state index in [-0.39, 0.29) is 11.8 Å². The minimum Gasteiger partial charge on any atom is -0.330 e. The highest BCUT2D eigenvalue weighted by molar-refractivity contribution is 5.80. The quantitative estimate of drug-likeness (QED) is 0.811. The van der Waals surface area contributed by atoms with E-state index in [4.69, 9.17) is 0 Å². The number of carbonyl (C=O) groups excluding carboxylic acids is 1. The van der Waals surface area contributed by atoms with Crippen molar-refractivity contribution in [1.29, 1.82) is 0 Å². The first-order valence-corrected chi connectivity index (χ1v) is 7.13. The average molecular weight is 299 g/mol. The summed E-state index contributed by atoms with van der Waals surface area (Å²) >= 11 is 0. The molecule has 1 aromatic carbocycles. The van der Waals surface area contributed by atoms with Crippen molar-refractivity contribution < 1.29 is 18.0 Å². The standard InChI is InChI=1S/C16H20F3NO/c1-10-6-4-5-7-13(10)14-8-11(2)15(21)20(12(14)3)9-16(17,18)19/h4-7,11-12,14H,8-9H2,1-3H3. The molecule has 1 amide bonds. The van der Waals surface area contributed by atoms with Crippen molar-refractivity contribution in [2.75, 3.05) is 6.54 Å². The average Bonchev–Trinajstić information content (AvgIpc) is 2.39. The summed E-state index contributed by atoms with van der Waals surface area (Å²) in [4.78, 5) is 13.1. The summed E-state index contributed by atoms with van der Waals surface area (Å²) in [6.07, 6.45) is -3.77. The van der Waals surface area contributed by atoms with E-state index < -0.39 is 24.7 Å². The molecule has 1 fully saturated rings. The van der Waals surface area contributed by atoms with Crippen LogP contribution in [-0.2, 0) is 4.79 Å². The summed E-state index contributed by atoms with van der Waals surface area (Å²) in [5.74, 6) is -0.834. The Hall–Kier alpha value is -1.52. The number of nitrogens with zero attached hydrogens (tertiary/aromatic N) is 1. The maximum Gasteiger partial charge on any atom is 0.406 e. The van der Waals surface area contributed by atoms with Crippen LogP contribution in [0.3, 0.4) is 0 Å². The number of hydrogen-bond donors (Lipinski definition) is 0. The molecular formula is C16H20F3NO. The molecule has 1 aromatic rings. The number of likely N-dealkylation sites (tertiary alicyclic amines) is 1. The zero-order valence-electron chi connectivity index (χ0n) is 12.4. The van der Waals surface area contributed by atoms with Gasteiger partial charge in [0.1, 0.15) is 6.54 Å². The number of hydrogen-bond acceptors (Lipinski definition) is 1. The smallest absolute Gasteiger partial charge is 0.330 e. The highest BCUT2D eigenvalue weighted by Gasteiger charge is 2.43. The molecule has 116 valence electrons. The third-order valence-electron chi connectivity index (χ3n) is 4.32. The Morgan fingerprint density at radius 1 is 1.24 bits per heavy atom. The molecule has 0 radical (unpaired) electrons. The molecule has 0 saturated carbocycles.